The quantitative estimate of drug-likeness (QED) is 0.806. The first-order chi connectivity index (χ1) is 11.8. The van der Waals surface area contributed by atoms with Crippen LogP contribution in [0.25, 0.3) is 0 Å². The summed E-state index contributed by atoms with van der Waals surface area (Å²) in [6.07, 6.45) is 2.17. The molecule has 0 spiro atoms. The Kier molecular flexibility index (Phi) is 5.21. The van der Waals surface area contributed by atoms with Crippen molar-refractivity contribution in [3.05, 3.63) is 53.2 Å². The summed E-state index contributed by atoms with van der Waals surface area (Å²) in [5.74, 6) is -1.44. The first kappa shape index (κ1) is 18.0. The van der Waals surface area contributed by atoms with Gasteiger partial charge in [-0.1, -0.05) is 11.6 Å². The Morgan fingerprint density at radius 2 is 1.76 bits per heavy atom. The van der Waals surface area contributed by atoms with Gasteiger partial charge in [-0.15, -0.1) is 0 Å². The molecular formula is C16H15ClF2N2O3S. The predicted molar refractivity (Wildman–Crippen MR) is 88.0 cm³/mol. The van der Waals surface area contributed by atoms with Crippen LogP contribution >= 0.6 is 11.6 Å². The second kappa shape index (κ2) is 7.23. The normalized spacial score (nSPS) is 16.8. The van der Waals surface area contributed by atoms with E-state index >= 15 is 0 Å². The van der Waals surface area contributed by atoms with Crippen LogP contribution in [-0.4, -0.2) is 36.9 Å². The molecule has 2 heterocycles. The zero-order chi connectivity index (χ0) is 18.0. The molecule has 0 bridgehead atoms. The van der Waals surface area contributed by atoms with Gasteiger partial charge in [0.15, 0.2) is 0 Å². The number of aromatic nitrogens is 1. The Balaban J connectivity index is 1.65. The summed E-state index contributed by atoms with van der Waals surface area (Å²) in [7, 11) is -3.94. The number of rotatable bonds is 4. The third-order valence-electron chi connectivity index (χ3n) is 3.86. The molecule has 0 aliphatic carbocycles. The Bertz CT molecular complexity index is 834. The van der Waals surface area contributed by atoms with Gasteiger partial charge in [-0.2, -0.15) is 4.31 Å². The smallest absolute Gasteiger partial charge is 0.243 e. The van der Waals surface area contributed by atoms with E-state index in [0.717, 1.165) is 12.1 Å². The number of sulfonamides is 1. The fourth-order valence-electron chi connectivity index (χ4n) is 2.62. The molecule has 0 N–H and O–H groups in total. The van der Waals surface area contributed by atoms with E-state index in [2.05, 4.69) is 4.98 Å². The van der Waals surface area contributed by atoms with Gasteiger partial charge in [0.25, 0.3) is 0 Å². The number of nitrogens with zero attached hydrogens (tertiary/aromatic N) is 2. The van der Waals surface area contributed by atoms with Crippen molar-refractivity contribution in [1.29, 1.82) is 0 Å². The van der Waals surface area contributed by atoms with Gasteiger partial charge in [-0.3, -0.25) is 0 Å². The fourth-order valence-corrected chi connectivity index (χ4v) is 4.24. The first-order valence-corrected chi connectivity index (χ1v) is 9.41. The summed E-state index contributed by atoms with van der Waals surface area (Å²) in [5.41, 5.74) is 0. The van der Waals surface area contributed by atoms with Crippen LogP contribution in [0.15, 0.2) is 41.4 Å². The standard InChI is InChI=1S/C16H15ClF2N2O3S/c17-11-1-2-16(20-10-11)24-14-3-5-21(6-4-14)25(22,23)15-8-12(18)7-13(19)9-15/h1-2,7-10,14H,3-6H2. The van der Waals surface area contributed by atoms with Crippen LogP contribution in [0.1, 0.15) is 12.8 Å². The van der Waals surface area contributed by atoms with Gasteiger partial charge in [0.2, 0.25) is 15.9 Å². The number of hydrogen-bond donors (Lipinski definition) is 0. The minimum Gasteiger partial charge on any atom is -0.474 e. The molecule has 0 amide bonds. The SMILES string of the molecule is O=S(=O)(c1cc(F)cc(F)c1)N1CCC(Oc2ccc(Cl)cn2)CC1. The molecule has 1 saturated heterocycles. The highest BCUT2D eigenvalue weighted by Gasteiger charge is 2.31. The first-order valence-electron chi connectivity index (χ1n) is 7.59. The molecule has 0 atom stereocenters. The van der Waals surface area contributed by atoms with Gasteiger partial charge in [0, 0.05) is 31.4 Å². The molecule has 0 radical (unpaired) electrons. The number of piperidine rings is 1. The summed E-state index contributed by atoms with van der Waals surface area (Å²) in [5, 5.41) is 0.496. The summed E-state index contributed by atoms with van der Waals surface area (Å²) in [4.78, 5) is 3.65. The highest BCUT2D eigenvalue weighted by molar-refractivity contribution is 7.89. The van der Waals surface area contributed by atoms with Crippen LogP contribution in [0.3, 0.4) is 0 Å². The molecule has 5 nitrogen and oxygen atoms in total. The summed E-state index contributed by atoms with van der Waals surface area (Å²) < 4.78 is 58.5. The summed E-state index contributed by atoms with van der Waals surface area (Å²) >= 11 is 5.76. The van der Waals surface area contributed by atoms with Crippen molar-refractivity contribution in [2.45, 2.75) is 23.8 Å². The van der Waals surface area contributed by atoms with Crippen LogP contribution < -0.4 is 4.74 Å². The molecule has 0 unspecified atom stereocenters. The zero-order valence-electron chi connectivity index (χ0n) is 13.0. The maximum Gasteiger partial charge on any atom is 0.243 e. The Hall–Kier alpha value is -1.77. The van der Waals surface area contributed by atoms with E-state index < -0.39 is 21.7 Å². The Labute approximate surface area is 149 Å². The third kappa shape index (κ3) is 4.26. The topological polar surface area (TPSA) is 59.5 Å². The van der Waals surface area contributed by atoms with Gasteiger partial charge in [-0.25, -0.2) is 22.2 Å². The maximum atomic E-state index is 13.3. The number of halogens is 3. The van der Waals surface area contributed by atoms with Crippen molar-refractivity contribution in [3.8, 4) is 5.88 Å². The fraction of sp³-hybridized carbons (Fsp3) is 0.312. The minimum atomic E-state index is -3.94. The monoisotopic (exact) mass is 388 g/mol. The molecule has 1 aliphatic heterocycles. The van der Waals surface area contributed by atoms with Gasteiger partial charge in [-0.05, 0) is 31.0 Å². The average molecular weight is 389 g/mol. The lowest BCUT2D eigenvalue weighted by molar-refractivity contribution is 0.130. The third-order valence-corrected chi connectivity index (χ3v) is 5.96. The van der Waals surface area contributed by atoms with Gasteiger partial charge in [0.05, 0.1) is 9.92 Å². The number of pyridine rings is 1. The maximum absolute atomic E-state index is 13.3. The second-order valence-electron chi connectivity index (χ2n) is 5.64. The minimum absolute atomic E-state index is 0.190. The number of ether oxygens (including phenoxy) is 1. The van der Waals surface area contributed by atoms with Gasteiger partial charge < -0.3 is 4.74 Å². The largest absolute Gasteiger partial charge is 0.474 e. The van der Waals surface area contributed by atoms with Crippen LogP contribution in [0.4, 0.5) is 8.78 Å². The van der Waals surface area contributed by atoms with Crippen molar-refractivity contribution in [3.63, 3.8) is 0 Å². The molecule has 1 fully saturated rings. The molecule has 134 valence electrons. The van der Waals surface area contributed by atoms with Crippen molar-refractivity contribution < 1.29 is 21.9 Å². The lowest BCUT2D eigenvalue weighted by atomic mass is 10.1. The van der Waals surface area contributed by atoms with Crippen molar-refractivity contribution in [2.24, 2.45) is 0 Å². The highest BCUT2D eigenvalue weighted by Crippen LogP contribution is 2.24. The van der Waals surface area contributed by atoms with Gasteiger partial charge in [0.1, 0.15) is 17.7 Å². The summed E-state index contributed by atoms with van der Waals surface area (Å²) in [6, 6.07) is 5.57. The van der Waals surface area contributed by atoms with E-state index in [1.54, 1.807) is 12.1 Å². The van der Waals surface area contributed by atoms with Crippen LogP contribution in [0.5, 0.6) is 5.88 Å². The molecule has 1 aromatic carbocycles. The molecule has 1 aliphatic rings. The van der Waals surface area contributed by atoms with E-state index in [9.17, 15) is 17.2 Å². The predicted octanol–water partition coefficient (Wildman–Crippen LogP) is 3.25. The lowest BCUT2D eigenvalue weighted by Crippen LogP contribution is -2.41. The van der Waals surface area contributed by atoms with Crippen LogP contribution in [0, 0.1) is 11.6 Å². The van der Waals surface area contributed by atoms with E-state index in [1.807, 2.05) is 0 Å². The van der Waals surface area contributed by atoms with Crippen molar-refractivity contribution in [1.82, 2.24) is 9.29 Å². The molecule has 25 heavy (non-hydrogen) atoms. The second-order valence-corrected chi connectivity index (χ2v) is 8.02. The molecule has 2 aromatic rings. The Morgan fingerprint density at radius 3 is 2.32 bits per heavy atom. The molecule has 9 heteroatoms. The number of hydrogen-bond acceptors (Lipinski definition) is 4. The lowest BCUT2D eigenvalue weighted by Gasteiger charge is -2.31. The molecule has 3 rings (SSSR count). The van der Waals surface area contributed by atoms with E-state index in [4.69, 9.17) is 16.3 Å². The van der Waals surface area contributed by atoms with E-state index in [1.165, 1.54) is 10.5 Å². The number of benzene rings is 1. The van der Waals surface area contributed by atoms with Crippen molar-refractivity contribution >= 4 is 21.6 Å². The van der Waals surface area contributed by atoms with Crippen molar-refractivity contribution in [2.75, 3.05) is 13.1 Å². The van der Waals surface area contributed by atoms with E-state index in [-0.39, 0.29) is 24.1 Å². The highest BCUT2D eigenvalue weighted by atomic mass is 35.5. The zero-order valence-corrected chi connectivity index (χ0v) is 14.6. The van der Waals surface area contributed by atoms with Crippen LogP contribution in [0.2, 0.25) is 5.02 Å². The van der Waals surface area contributed by atoms with E-state index in [0.29, 0.717) is 29.8 Å². The Morgan fingerprint density at radius 1 is 1.12 bits per heavy atom. The molecular weight excluding hydrogens is 374 g/mol. The average Bonchev–Trinajstić information content (AvgIpc) is 2.57. The molecule has 1 aromatic heterocycles. The summed E-state index contributed by atoms with van der Waals surface area (Å²) in [6.45, 7) is 0.386. The van der Waals surface area contributed by atoms with Crippen LogP contribution in [-0.2, 0) is 10.0 Å². The molecule has 0 saturated carbocycles. The van der Waals surface area contributed by atoms with Gasteiger partial charge >= 0.3 is 0 Å².